The molecule has 0 heterocycles. The average molecular weight is 357 g/mol. The first-order valence-corrected chi connectivity index (χ1v) is 7.30. The van der Waals surface area contributed by atoms with Crippen LogP contribution >= 0.6 is 23.2 Å². The number of hydrogen-bond donors (Lipinski definition) is 1. The summed E-state index contributed by atoms with van der Waals surface area (Å²) < 4.78 is 13.2. The summed E-state index contributed by atoms with van der Waals surface area (Å²) in [6.07, 6.45) is 0.498. The van der Waals surface area contributed by atoms with Gasteiger partial charge in [0.1, 0.15) is 0 Å². The second kappa shape index (κ2) is 7.39. The van der Waals surface area contributed by atoms with E-state index in [-0.39, 0.29) is 18.0 Å². The molecule has 1 N–H and O–H groups in total. The van der Waals surface area contributed by atoms with E-state index >= 15 is 0 Å². The van der Waals surface area contributed by atoms with E-state index in [0.29, 0.717) is 16.5 Å². The minimum Gasteiger partial charge on any atom is -0.326 e. The number of carbonyl (C=O) groups is 1. The number of amides is 1. The van der Waals surface area contributed by atoms with Crippen molar-refractivity contribution >= 4 is 40.5 Å². The van der Waals surface area contributed by atoms with Crippen LogP contribution in [-0.4, -0.2) is 10.8 Å². The van der Waals surface area contributed by atoms with Gasteiger partial charge in [-0.25, -0.2) is 0 Å². The summed E-state index contributed by atoms with van der Waals surface area (Å²) in [5.41, 5.74) is 0.227. The van der Waals surface area contributed by atoms with Crippen LogP contribution in [-0.2, 0) is 11.2 Å². The first-order valence-electron chi connectivity index (χ1n) is 6.54. The molecule has 23 heavy (non-hydrogen) atoms. The van der Waals surface area contributed by atoms with E-state index in [1.54, 1.807) is 18.2 Å². The van der Waals surface area contributed by atoms with Crippen molar-refractivity contribution in [1.29, 1.82) is 0 Å². The third-order valence-corrected chi connectivity index (χ3v) is 3.65. The van der Waals surface area contributed by atoms with Crippen LogP contribution in [0.4, 0.5) is 15.8 Å². The van der Waals surface area contributed by atoms with Crippen LogP contribution in [0, 0.1) is 15.9 Å². The van der Waals surface area contributed by atoms with Gasteiger partial charge < -0.3 is 5.32 Å². The van der Waals surface area contributed by atoms with Crippen LogP contribution in [0.15, 0.2) is 36.4 Å². The van der Waals surface area contributed by atoms with Crippen molar-refractivity contribution in [2.75, 3.05) is 5.32 Å². The quantitative estimate of drug-likeness (QED) is 0.627. The molecule has 0 saturated heterocycles. The predicted molar refractivity (Wildman–Crippen MR) is 86.5 cm³/mol. The molecule has 0 unspecified atom stereocenters. The van der Waals surface area contributed by atoms with Crippen molar-refractivity contribution in [1.82, 2.24) is 0 Å². The molecule has 5 nitrogen and oxygen atoms in total. The summed E-state index contributed by atoms with van der Waals surface area (Å²) in [4.78, 5) is 21.7. The van der Waals surface area contributed by atoms with E-state index in [4.69, 9.17) is 23.2 Å². The largest absolute Gasteiger partial charge is 0.326 e. The highest BCUT2D eigenvalue weighted by molar-refractivity contribution is 6.35. The Morgan fingerprint density at radius 2 is 1.96 bits per heavy atom. The number of nitrogens with zero attached hydrogens (tertiary/aromatic N) is 1. The number of nitrogens with one attached hydrogen (secondary N) is 1. The molecule has 2 rings (SSSR count). The number of hydrogen-bond acceptors (Lipinski definition) is 3. The Morgan fingerprint density at radius 1 is 1.22 bits per heavy atom. The third-order valence-electron chi connectivity index (χ3n) is 3.06. The fourth-order valence-corrected chi connectivity index (χ4v) is 2.43. The number of halogens is 3. The third kappa shape index (κ3) is 4.64. The van der Waals surface area contributed by atoms with Gasteiger partial charge in [0, 0.05) is 28.2 Å². The van der Waals surface area contributed by atoms with Gasteiger partial charge in [0.05, 0.1) is 4.92 Å². The number of nitro benzene ring substituents is 1. The normalized spacial score (nSPS) is 10.4. The van der Waals surface area contributed by atoms with E-state index in [2.05, 4.69) is 5.32 Å². The van der Waals surface area contributed by atoms with Gasteiger partial charge in [0.25, 0.3) is 0 Å². The Balaban J connectivity index is 2.00. The topological polar surface area (TPSA) is 72.2 Å². The second-order valence-corrected chi connectivity index (χ2v) is 5.55. The molecular formula is C15H11Cl2FN2O3. The number of carbonyl (C=O) groups excluding carboxylic acids is 1. The molecule has 0 spiro atoms. The molecule has 2 aromatic rings. The molecule has 0 aliphatic carbocycles. The lowest BCUT2D eigenvalue weighted by Crippen LogP contribution is -2.12. The monoisotopic (exact) mass is 356 g/mol. The molecule has 0 radical (unpaired) electrons. The zero-order valence-electron chi connectivity index (χ0n) is 11.7. The summed E-state index contributed by atoms with van der Waals surface area (Å²) in [6.45, 7) is 0. The van der Waals surface area contributed by atoms with Gasteiger partial charge in [0.2, 0.25) is 11.7 Å². The van der Waals surface area contributed by atoms with Gasteiger partial charge in [-0.15, -0.1) is 0 Å². The average Bonchev–Trinajstić information content (AvgIpc) is 2.48. The maximum Gasteiger partial charge on any atom is 0.306 e. The van der Waals surface area contributed by atoms with Crippen molar-refractivity contribution in [3.05, 3.63) is 67.9 Å². The van der Waals surface area contributed by atoms with Gasteiger partial charge in [-0.05, 0) is 36.2 Å². The lowest BCUT2D eigenvalue weighted by molar-refractivity contribution is -0.387. The van der Waals surface area contributed by atoms with E-state index in [1.807, 2.05) is 0 Å². The molecule has 120 valence electrons. The van der Waals surface area contributed by atoms with Gasteiger partial charge in [-0.3, -0.25) is 14.9 Å². The molecule has 0 aliphatic rings. The number of aryl methyl sites for hydroxylation is 1. The van der Waals surface area contributed by atoms with Gasteiger partial charge >= 0.3 is 5.69 Å². The standard InChI is InChI=1S/C15H11Cl2FN2O3/c16-10-3-1-9(12(17)7-10)2-6-15(21)19-11-4-5-13(18)14(8-11)20(22)23/h1,3-5,7-8H,2,6H2,(H,19,21). The van der Waals surface area contributed by atoms with Crippen molar-refractivity contribution in [2.24, 2.45) is 0 Å². The summed E-state index contributed by atoms with van der Waals surface area (Å²) in [5.74, 6) is -1.32. The Labute approximate surface area is 141 Å². The molecule has 0 aromatic heterocycles. The smallest absolute Gasteiger partial charge is 0.306 e. The minimum atomic E-state index is -0.957. The maximum atomic E-state index is 13.2. The molecule has 1 amide bonds. The molecule has 0 bridgehead atoms. The highest BCUT2D eigenvalue weighted by Crippen LogP contribution is 2.23. The van der Waals surface area contributed by atoms with E-state index in [9.17, 15) is 19.3 Å². The Morgan fingerprint density at radius 3 is 2.61 bits per heavy atom. The molecule has 0 atom stereocenters. The van der Waals surface area contributed by atoms with Crippen molar-refractivity contribution in [2.45, 2.75) is 12.8 Å². The SMILES string of the molecule is O=C(CCc1ccc(Cl)cc1Cl)Nc1ccc(F)c([N+](=O)[O-])c1. The lowest BCUT2D eigenvalue weighted by atomic mass is 10.1. The number of rotatable bonds is 5. The summed E-state index contributed by atoms with van der Waals surface area (Å²) >= 11 is 11.8. The number of benzene rings is 2. The predicted octanol–water partition coefficient (Wildman–Crippen LogP) is 4.61. The van der Waals surface area contributed by atoms with Gasteiger partial charge in [-0.1, -0.05) is 29.3 Å². The van der Waals surface area contributed by atoms with E-state index in [1.165, 1.54) is 6.07 Å². The fraction of sp³-hybridized carbons (Fsp3) is 0.133. The van der Waals surface area contributed by atoms with Gasteiger partial charge in [-0.2, -0.15) is 4.39 Å². The zero-order chi connectivity index (χ0) is 17.0. The highest BCUT2D eigenvalue weighted by Gasteiger charge is 2.15. The highest BCUT2D eigenvalue weighted by atomic mass is 35.5. The molecule has 2 aromatic carbocycles. The summed E-state index contributed by atoms with van der Waals surface area (Å²) in [7, 11) is 0. The van der Waals surface area contributed by atoms with E-state index in [0.717, 1.165) is 17.7 Å². The Kier molecular flexibility index (Phi) is 5.52. The number of anilines is 1. The molecule has 0 fully saturated rings. The maximum absolute atomic E-state index is 13.2. The molecule has 0 saturated carbocycles. The Hall–Kier alpha value is -2.18. The first kappa shape index (κ1) is 17.2. The van der Waals surface area contributed by atoms with Crippen LogP contribution in [0.5, 0.6) is 0 Å². The lowest BCUT2D eigenvalue weighted by Gasteiger charge is -2.07. The summed E-state index contributed by atoms with van der Waals surface area (Å²) in [6, 6.07) is 8.15. The van der Waals surface area contributed by atoms with E-state index < -0.39 is 16.4 Å². The zero-order valence-corrected chi connectivity index (χ0v) is 13.2. The number of nitro groups is 1. The minimum absolute atomic E-state index is 0.118. The van der Waals surface area contributed by atoms with Crippen molar-refractivity contribution < 1.29 is 14.1 Å². The molecule has 8 heteroatoms. The second-order valence-electron chi connectivity index (χ2n) is 4.71. The van der Waals surface area contributed by atoms with Crippen LogP contribution in [0.3, 0.4) is 0 Å². The van der Waals surface area contributed by atoms with Crippen LogP contribution in [0.25, 0.3) is 0 Å². The molecule has 0 aliphatic heterocycles. The molecular weight excluding hydrogens is 346 g/mol. The van der Waals surface area contributed by atoms with Crippen LogP contribution < -0.4 is 5.32 Å². The van der Waals surface area contributed by atoms with Crippen LogP contribution in [0.2, 0.25) is 10.0 Å². The van der Waals surface area contributed by atoms with Crippen molar-refractivity contribution in [3.63, 3.8) is 0 Å². The Bertz CT molecular complexity index is 768. The van der Waals surface area contributed by atoms with Crippen molar-refractivity contribution in [3.8, 4) is 0 Å². The van der Waals surface area contributed by atoms with Crippen LogP contribution in [0.1, 0.15) is 12.0 Å². The van der Waals surface area contributed by atoms with Gasteiger partial charge in [0.15, 0.2) is 0 Å². The summed E-state index contributed by atoms with van der Waals surface area (Å²) in [5, 5.41) is 14.1. The first-order chi connectivity index (χ1) is 10.9. The fourth-order valence-electron chi connectivity index (χ4n) is 1.93.